The molecule has 1 N–H and O–H groups in total. The predicted octanol–water partition coefficient (Wildman–Crippen LogP) is 1.19. The summed E-state index contributed by atoms with van der Waals surface area (Å²) in [7, 11) is 0. The van der Waals surface area contributed by atoms with Gasteiger partial charge in [-0.05, 0) is 18.2 Å². The molecule has 1 amide bonds. The van der Waals surface area contributed by atoms with Gasteiger partial charge in [0.1, 0.15) is 0 Å². The van der Waals surface area contributed by atoms with Crippen molar-refractivity contribution < 1.29 is 13.6 Å². The third kappa shape index (κ3) is 1.48. The quantitative estimate of drug-likeness (QED) is 0.720. The summed E-state index contributed by atoms with van der Waals surface area (Å²) in [6.07, 6.45) is 0.102. The molecule has 1 aromatic carbocycles. The Morgan fingerprint density at radius 1 is 1.29 bits per heavy atom. The van der Waals surface area contributed by atoms with Crippen LogP contribution in [0.1, 0.15) is 12.0 Å². The second-order valence-corrected chi connectivity index (χ2v) is 2.90. The van der Waals surface area contributed by atoms with Crippen molar-refractivity contribution in [1.29, 1.82) is 0 Å². The summed E-state index contributed by atoms with van der Waals surface area (Å²) >= 11 is 0. The molecule has 14 heavy (non-hydrogen) atoms. The third-order valence-electron chi connectivity index (χ3n) is 1.90. The van der Waals surface area contributed by atoms with Gasteiger partial charge in [0, 0.05) is 5.56 Å². The monoisotopic (exact) mass is 196 g/mol. The van der Waals surface area contributed by atoms with E-state index in [-0.39, 0.29) is 12.3 Å². The number of benzene rings is 1. The van der Waals surface area contributed by atoms with Crippen LogP contribution in [-0.2, 0) is 4.79 Å². The minimum absolute atomic E-state index is 0.102. The van der Waals surface area contributed by atoms with Crippen molar-refractivity contribution in [3.63, 3.8) is 0 Å². The van der Waals surface area contributed by atoms with Crippen LogP contribution in [0.5, 0.6) is 0 Å². The molecule has 0 unspecified atom stereocenters. The summed E-state index contributed by atoms with van der Waals surface area (Å²) in [6, 6.07) is 3.42. The minimum Gasteiger partial charge on any atom is -0.273 e. The molecular formula is C9H6F2N2O. The molecule has 1 aliphatic heterocycles. The number of nitrogens with one attached hydrogen (secondary N) is 1. The van der Waals surface area contributed by atoms with Crippen molar-refractivity contribution in [2.75, 3.05) is 0 Å². The summed E-state index contributed by atoms with van der Waals surface area (Å²) < 4.78 is 25.4. The number of hydrogen-bond donors (Lipinski definition) is 1. The van der Waals surface area contributed by atoms with E-state index >= 15 is 0 Å². The van der Waals surface area contributed by atoms with E-state index in [1.54, 1.807) is 0 Å². The van der Waals surface area contributed by atoms with E-state index in [4.69, 9.17) is 0 Å². The normalized spacial score (nSPS) is 15.3. The number of carbonyl (C=O) groups excluding carboxylic acids is 1. The molecular weight excluding hydrogens is 190 g/mol. The average Bonchev–Trinajstić information content (AvgIpc) is 2.57. The number of rotatable bonds is 1. The molecule has 0 atom stereocenters. The Balaban J connectivity index is 2.34. The maximum absolute atomic E-state index is 12.8. The molecule has 1 aromatic rings. The molecule has 0 fully saturated rings. The van der Waals surface area contributed by atoms with Gasteiger partial charge in [-0.15, -0.1) is 0 Å². The van der Waals surface area contributed by atoms with Crippen molar-refractivity contribution >= 4 is 11.6 Å². The zero-order valence-electron chi connectivity index (χ0n) is 7.05. The fourth-order valence-electron chi connectivity index (χ4n) is 1.20. The molecule has 0 aromatic heterocycles. The van der Waals surface area contributed by atoms with E-state index in [1.807, 2.05) is 0 Å². The van der Waals surface area contributed by atoms with E-state index in [0.717, 1.165) is 12.1 Å². The average molecular weight is 196 g/mol. The van der Waals surface area contributed by atoms with Crippen LogP contribution in [0.2, 0.25) is 0 Å². The van der Waals surface area contributed by atoms with Gasteiger partial charge in [0.05, 0.1) is 12.1 Å². The first-order chi connectivity index (χ1) is 6.66. The van der Waals surface area contributed by atoms with Crippen molar-refractivity contribution in [3.05, 3.63) is 35.4 Å². The second-order valence-electron chi connectivity index (χ2n) is 2.90. The molecule has 2 rings (SSSR count). The zero-order valence-corrected chi connectivity index (χ0v) is 7.05. The van der Waals surface area contributed by atoms with Crippen LogP contribution in [0, 0.1) is 11.6 Å². The Bertz CT molecular complexity index is 429. The number of hydrogen-bond acceptors (Lipinski definition) is 2. The van der Waals surface area contributed by atoms with Gasteiger partial charge in [-0.3, -0.25) is 4.79 Å². The molecule has 3 nitrogen and oxygen atoms in total. The number of carbonyl (C=O) groups is 1. The zero-order chi connectivity index (χ0) is 10.1. The van der Waals surface area contributed by atoms with Crippen LogP contribution < -0.4 is 5.43 Å². The predicted molar refractivity (Wildman–Crippen MR) is 45.7 cm³/mol. The lowest BCUT2D eigenvalue weighted by Crippen LogP contribution is -2.09. The highest BCUT2D eigenvalue weighted by Gasteiger charge is 2.17. The summed E-state index contributed by atoms with van der Waals surface area (Å²) in [5, 5.41) is 3.69. The van der Waals surface area contributed by atoms with E-state index in [9.17, 15) is 13.6 Å². The van der Waals surface area contributed by atoms with Gasteiger partial charge < -0.3 is 0 Å². The third-order valence-corrected chi connectivity index (χ3v) is 1.90. The van der Waals surface area contributed by atoms with Gasteiger partial charge in [-0.2, -0.15) is 5.10 Å². The van der Waals surface area contributed by atoms with Gasteiger partial charge in [0.25, 0.3) is 0 Å². The lowest BCUT2D eigenvalue weighted by atomic mass is 10.1. The molecule has 1 aliphatic rings. The highest BCUT2D eigenvalue weighted by atomic mass is 19.2. The number of halogens is 2. The van der Waals surface area contributed by atoms with Crippen LogP contribution in [0.15, 0.2) is 23.3 Å². The first-order valence-electron chi connectivity index (χ1n) is 3.97. The Morgan fingerprint density at radius 3 is 2.64 bits per heavy atom. The fraction of sp³-hybridized carbons (Fsp3) is 0.111. The molecule has 1 heterocycles. The molecule has 5 heteroatoms. The molecule has 72 valence electrons. The molecule has 0 spiro atoms. The first-order valence-corrected chi connectivity index (χ1v) is 3.97. The van der Waals surface area contributed by atoms with E-state index in [0.29, 0.717) is 11.3 Å². The van der Waals surface area contributed by atoms with Crippen molar-refractivity contribution in [2.45, 2.75) is 6.42 Å². The summed E-state index contributed by atoms with van der Waals surface area (Å²) in [5.41, 5.74) is 3.08. The van der Waals surface area contributed by atoms with E-state index < -0.39 is 11.6 Å². The standard InChI is InChI=1S/C9H6F2N2O/c10-6-2-1-5(3-7(6)11)8-4-9(14)13-12-8/h1-3H,4H2,(H,13,14). The van der Waals surface area contributed by atoms with Crippen molar-refractivity contribution in [2.24, 2.45) is 5.10 Å². The Morgan fingerprint density at radius 2 is 2.07 bits per heavy atom. The number of nitrogens with zero attached hydrogens (tertiary/aromatic N) is 1. The number of hydrazone groups is 1. The maximum Gasteiger partial charge on any atom is 0.246 e. The summed E-state index contributed by atoms with van der Waals surface area (Å²) in [4.78, 5) is 10.8. The summed E-state index contributed by atoms with van der Waals surface area (Å²) in [5.74, 6) is -2.10. The smallest absolute Gasteiger partial charge is 0.246 e. The highest BCUT2D eigenvalue weighted by molar-refractivity contribution is 6.13. The lowest BCUT2D eigenvalue weighted by Gasteiger charge is -1.98. The van der Waals surface area contributed by atoms with Gasteiger partial charge >= 0.3 is 0 Å². The van der Waals surface area contributed by atoms with Crippen LogP contribution >= 0.6 is 0 Å². The van der Waals surface area contributed by atoms with Crippen LogP contribution in [0.4, 0.5) is 8.78 Å². The van der Waals surface area contributed by atoms with Gasteiger partial charge in [-0.25, -0.2) is 14.2 Å². The lowest BCUT2D eigenvalue weighted by molar-refractivity contribution is -0.119. The molecule has 0 aliphatic carbocycles. The highest BCUT2D eigenvalue weighted by Crippen LogP contribution is 2.12. The molecule has 0 bridgehead atoms. The van der Waals surface area contributed by atoms with Gasteiger partial charge in [0.15, 0.2) is 11.6 Å². The van der Waals surface area contributed by atoms with Crippen molar-refractivity contribution in [1.82, 2.24) is 5.43 Å². The van der Waals surface area contributed by atoms with Crippen LogP contribution in [0.3, 0.4) is 0 Å². The number of amides is 1. The second kappa shape index (κ2) is 3.17. The maximum atomic E-state index is 12.8. The van der Waals surface area contributed by atoms with Gasteiger partial charge in [-0.1, -0.05) is 0 Å². The summed E-state index contributed by atoms with van der Waals surface area (Å²) in [6.45, 7) is 0. The Kier molecular flexibility index (Phi) is 1.99. The minimum atomic E-state index is -0.940. The van der Waals surface area contributed by atoms with Gasteiger partial charge in [0.2, 0.25) is 5.91 Å². The van der Waals surface area contributed by atoms with E-state index in [1.165, 1.54) is 6.07 Å². The SMILES string of the molecule is O=C1CC(c2ccc(F)c(F)c2)=NN1. The molecule has 0 radical (unpaired) electrons. The molecule has 0 saturated carbocycles. The largest absolute Gasteiger partial charge is 0.273 e. The Labute approximate surface area is 78.4 Å². The van der Waals surface area contributed by atoms with Crippen LogP contribution in [0.25, 0.3) is 0 Å². The fourth-order valence-corrected chi connectivity index (χ4v) is 1.20. The molecule has 0 saturated heterocycles. The first kappa shape index (κ1) is 8.80. The Hall–Kier alpha value is -1.78. The topological polar surface area (TPSA) is 41.5 Å². The van der Waals surface area contributed by atoms with Crippen LogP contribution in [-0.4, -0.2) is 11.6 Å². The van der Waals surface area contributed by atoms with E-state index in [2.05, 4.69) is 10.5 Å². The van der Waals surface area contributed by atoms with Crippen molar-refractivity contribution in [3.8, 4) is 0 Å².